The largest absolute Gasteiger partial charge is 0.493 e. The Hall–Kier alpha value is -3.96. The van der Waals surface area contributed by atoms with Crippen molar-refractivity contribution in [2.24, 2.45) is 7.05 Å². The van der Waals surface area contributed by atoms with Crippen LogP contribution in [0.15, 0.2) is 48.5 Å². The predicted molar refractivity (Wildman–Crippen MR) is 200 cm³/mol. The Morgan fingerprint density at radius 1 is 1.06 bits per heavy atom. The Kier molecular flexibility index (Phi) is 10.9. The molecule has 2 aliphatic rings. The molecule has 5 aromatic rings. The molecule has 0 aliphatic carbocycles. The molecule has 0 amide bonds. The summed E-state index contributed by atoms with van der Waals surface area (Å²) in [5.41, 5.74) is 6.02. The second kappa shape index (κ2) is 15.6. The lowest BCUT2D eigenvalue weighted by molar-refractivity contribution is -0.153. The molecule has 9 nitrogen and oxygen atoms in total. The molecule has 1 fully saturated rings. The van der Waals surface area contributed by atoms with Crippen molar-refractivity contribution in [3.8, 4) is 16.9 Å². The molecule has 0 bridgehead atoms. The van der Waals surface area contributed by atoms with Crippen molar-refractivity contribution in [3.05, 3.63) is 82.0 Å². The van der Waals surface area contributed by atoms with Crippen LogP contribution in [0, 0.1) is 5.82 Å². The maximum absolute atomic E-state index is 13.9. The van der Waals surface area contributed by atoms with E-state index in [9.17, 15) is 9.18 Å². The summed E-state index contributed by atoms with van der Waals surface area (Å²) >= 11 is 7.25. The molecule has 2 aromatic heterocycles. The van der Waals surface area contributed by atoms with Crippen molar-refractivity contribution < 1.29 is 32.9 Å². The molecule has 11 heteroatoms. The van der Waals surface area contributed by atoms with Crippen molar-refractivity contribution >= 4 is 39.2 Å². The van der Waals surface area contributed by atoms with Gasteiger partial charge in [-0.15, -0.1) is 0 Å². The van der Waals surface area contributed by atoms with E-state index in [0.29, 0.717) is 75.1 Å². The summed E-state index contributed by atoms with van der Waals surface area (Å²) in [4.78, 5) is 13.9. The van der Waals surface area contributed by atoms with Crippen molar-refractivity contribution in [2.45, 2.75) is 84.2 Å². The highest BCUT2D eigenvalue weighted by atomic mass is 35.5. The standard InChI is InChI=1S/C41H47ClFN3O6/c1-5-32-36-35-31(42)17-16-30-29(12-10-22-49-33-13-9-11-26-25-27(43)14-15-28(26)33)39(40(47)48-6-2)46(38(30)35)20-7-8-21-50-34(37(36)44-45(32)4)18-19-41(3)51-23-24-52-41/h9,11,13-17,25,34H,5-8,10,12,18-24H2,1-4H3. The molecule has 52 heavy (non-hydrogen) atoms. The number of hydrogen-bond acceptors (Lipinski definition) is 7. The molecule has 1 saturated heterocycles. The van der Waals surface area contributed by atoms with E-state index >= 15 is 0 Å². The van der Waals surface area contributed by atoms with Gasteiger partial charge in [0, 0.05) is 54.2 Å². The summed E-state index contributed by atoms with van der Waals surface area (Å²) in [5, 5.41) is 8.28. The molecular weight excluding hydrogens is 685 g/mol. The van der Waals surface area contributed by atoms with Crippen LogP contribution in [0.3, 0.4) is 0 Å². The Morgan fingerprint density at radius 2 is 1.87 bits per heavy atom. The third kappa shape index (κ3) is 7.06. The van der Waals surface area contributed by atoms with Crippen LogP contribution in [0.4, 0.5) is 4.39 Å². The first-order valence-electron chi connectivity index (χ1n) is 18.5. The van der Waals surface area contributed by atoms with Gasteiger partial charge in [-0.05, 0) is 93.7 Å². The Balaban J connectivity index is 1.32. The molecule has 1 atom stereocenters. The minimum Gasteiger partial charge on any atom is -0.493 e. The highest BCUT2D eigenvalue weighted by Gasteiger charge is 2.35. The van der Waals surface area contributed by atoms with Gasteiger partial charge in [-0.1, -0.05) is 36.7 Å². The fraction of sp³-hybridized carbons (Fsp3) is 0.463. The Morgan fingerprint density at radius 3 is 2.65 bits per heavy atom. The van der Waals surface area contributed by atoms with E-state index in [2.05, 4.69) is 11.5 Å². The van der Waals surface area contributed by atoms with E-state index in [0.717, 1.165) is 69.0 Å². The fourth-order valence-electron chi connectivity index (χ4n) is 7.90. The molecule has 4 heterocycles. The van der Waals surface area contributed by atoms with Crippen LogP contribution in [0.25, 0.3) is 32.8 Å². The molecule has 7 rings (SSSR count). The van der Waals surface area contributed by atoms with Crippen LogP contribution in [-0.2, 0) is 45.4 Å². The van der Waals surface area contributed by atoms with Gasteiger partial charge in [-0.3, -0.25) is 4.68 Å². The molecular formula is C41H47ClFN3O6. The number of benzene rings is 3. The first-order valence-corrected chi connectivity index (χ1v) is 18.9. The van der Waals surface area contributed by atoms with Crippen molar-refractivity contribution in [3.63, 3.8) is 0 Å². The average Bonchev–Trinajstić information content (AvgIpc) is 3.80. The summed E-state index contributed by atoms with van der Waals surface area (Å²) in [6.45, 7) is 8.87. The lowest BCUT2D eigenvalue weighted by Crippen LogP contribution is -2.26. The third-order valence-corrected chi connectivity index (χ3v) is 10.6. The van der Waals surface area contributed by atoms with Gasteiger partial charge in [0.15, 0.2) is 5.79 Å². The number of fused-ring (bicyclic) bond motifs is 3. The monoisotopic (exact) mass is 731 g/mol. The van der Waals surface area contributed by atoms with Crippen LogP contribution in [-0.4, -0.2) is 59.1 Å². The van der Waals surface area contributed by atoms with Crippen LogP contribution in [0.1, 0.15) is 86.4 Å². The van der Waals surface area contributed by atoms with E-state index in [-0.39, 0.29) is 24.5 Å². The van der Waals surface area contributed by atoms with Crippen molar-refractivity contribution in [1.29, 1.82) is 0 Å². The molecule has 0 spiro atoms. The number of nitrogens with zero attached hydrogens (tertiary/aromatic N) is 3. The summed E-state index contributed by atoms with van der Waals surface area (Å²) < 4.78 is 48.5. The number of hydrogen-bond donors (Lipinski definition) is 0. The molecule has 276 valence electrons. The van der Waals surface area contributed by atoms with Gasteiger partial charge in [-0.2, -0.15) is 5.10 Å². The first kappa shape index (κ1) is 36.4. The number of aryl methyl sites for hydroxylation is 3. The first-order chi connectivity index (χ1) is 25.2. The van der Waals surface area contributed by atoms with Crippen molar-refractivity contribution in [2.75, 3.05) is 33.0 Å². The minimum atomic E-state index is -0.664. The second-order valence-corrected chi connectivity index (χ2v) is 14.1. The molecule has 0 N–H and O–H groups in total. The highest BCUT2D eigenvalue weighted by molar-refractivity contribution is 6.35. The zero-order chi connectivity index (χ0) is 36.4. The van der Waals surface area contributed by atoms with Crippen LogP contribution in [0.5, 0.6) is 5.75 Å². The SMILES string of the molecule is CCOC(=O)c1c(CCCOc2cccc3cc(F)ccc23)c2ccc(Cl)c3c2n1CCCCOC(CCC1(C)OCCO1)c1nn(C)c(CC)c1-3. The number of aromatic nitrogens is 3. The molecule has 0 radical (unpaired) electrons. The van der Waals surface area contributed by atoms with Gasteiger partial charge in [0.05, 0.1) is 42.7 Å². The topological polar surface area (TPSA) is 86.0 Å². The minimum absolute atomic E-state index is 0.257. The van der Waals surface area contributed by atoms with Crippen LogP contribution in [0.2, 0.25) is 5.02 Å². The van der Waals surface area contributed by atoms with E-state index in [1.807, 2.05) is 55.9 Å². The average molecular weight is 732 g/mol. The smallest absolute Gasteiger partial charge is 0.355 e. The number of ether oxygens (including phenoxy) is 5. The molecule has 1 unspecified atom stereocenters. The summed E-state index contributed by atoms with van der Waals surface area (Å²) in [7, 11) is 1.97. The van der Waals surface area contributed by atoms with Crippen LogP contribution < -0.4 is 4.74 Å². The van der Waals surface area contributed by atoms with Gasteiger partial charge in [-0.25, -0.2) is 9.18 Å². The zero-order valence-corrected chi connectivity index (χ0v) is 31.2. The summed E-state index contributed by atoms with van der Waals surface area (Å²) in [5.74, 6) is -0.609. The van der Waals surface area contributed by atoms with Gasteiger partial charge in [0.2, 0.25) is 0 Å². The summed E-state index contributed by atoms with van der Waals surface area (Å²) in [6.07, 6.45) is 4.50. The molecule has 3 aromatic carbocycles. The zero-order valence-electron chi connectivity index (χ0n) is 30.4. The maximum atomic E-state index is 13.9. The van der Waals surface area contributed by atoms with Gasteiger partial charge in [0.1, 0.15) is 23.4 Å². The van der Waals surface area contributed by atoms with Gasteiger partial charge >= 0.3 is 5.97 Å². The van der Waals surface area contributed by atoms with E-state index < -0.39 is 5.79 Å². The summed E-state index contributed by atoms with van der Waals surface area (Å²) in [6, 6.07) is 14.3. The molecule has 2 aliphatic heterocycles. The second-order valence-electron chi connectivity index (χ2n) is 13.7. The van der Waals surface area contributed by atoms with Gasteiger partial charge < -0.3 is 28.3 Å². The maximum Gasteiger partial charge on any atom is 0.355 e. The lowest BCUT2D eigenvalue weighted by atomic mass is 9.94. The number of rotatable bonds is 11. The Bertz CT molecular complexity index is 2080. The van der Waals surface area contributed by atoms with Crippen LogP contribution >= 0.6 is 11.6 Å². The van der Waals surface area contributed by atoms with E-state index in [4.69, 9.17) is 40.4 Å². The van der Waals surface area contributed by atoms with Crippen molar-refractivity contribution in [1.82, 2.24) is 14.3 Å². The number of carbonyl (C=O) groups is 1. The number of esters is 1. The molecule has 0 saturated carbocycles. The third-order valence-electron chi connectivity index (χ3n) is 10.3. The normalized spacial score (nSPS) is 17.3. The van der Waals surface area contributed by atoms with E-state index in [1.165, 1.54) is 12.1 Å². The quantitative estimate of drug-likeness (QED) is 0.0990. The highest BCUT2D eigenvalue weighted by Crippen LogP contribution is 2.46. The lowest BCUT2D eigenvalue weighted by Gasteiger charge is -2.25. The predicted octanol–water partition coefficient (Wildman–Crippen LogP) is 9.13. The number of carbonyl (C=O) groups excluding carboxylic acids is 1. The Labute approximate surface area is 308 Å². The number of halogens is 2. The van der Waals surface area contributed by atoms with Gasteiger partial charge in [0.25, 0.3) is 0 Å². The van der Waals surface area contributed by atoms with E-state index in [1.54, 1.807) is 6.07 Å². The fourth-order valence-corrected chi connectivity index (χ4v) is 8.14.